The van der Waals surface area contributed by atoms with Gasteiger partial charge in [0.15, 0.2) is 0 Å². The highest BCUT2D eigenvalue weighted by molar-refractivity contribution is 6.06. The SMILES string of the molecule is Cc1nc2cc(C(=O)Nc3ccc(NC(N)=O)cc3)ccc2n1-c1ccccc1. The molecule has 0 saturated carbocycles. The molecule has 0 spiro atoms. The standard InChI is InChI=1S/C22H19N5O2/c1-14-24-19-13-15(7-12-20(19)27(14)18-5-3-2-4-6-18)21(28)25-16-8-10-17(11-9-16)26-22(23)29/h2-13H,1H3,(H,25,28)(H3,23,26,29). The first kappa shape index (κ1) is 18.2. The summed E-state index contributed by atoms with van der Waals surface area (Å²) in [6.07, 6.45) is 0. The van der Waals surface area contributed by atoms with Gasteiger partial charge in [-0.25, -0.2) is 9.78 Å². The van der Waals surface area contributed by atoms with Gasteiger partial charge in [0, 0.05) is 22.6 Å². The van der Waals surface area contributed by atoms with Gasteiger partial charge in [-0.2, -0.15) is 0 Å². The van der Waals surface area contributed by atoms with Crippen molar-refractivity contribution in [2.75, 3.05) is 10.6 Å². The first-order chi connectivity index (χ1) is 14.0. The summed E-state index contributed by atoms with van der Waals surface area (Å²) in [6, 6.07) is 21.5. The van der Waals surface area contributed by atoms with Crippen LogP contribution in [0.25, 0.3) is 16.7 Å². The Morgan fingerprint density at radius 1 is 0.897 bits per heavy atom. The minimum atomic E-state index is -0.639. The molecule has 0 fully saturated rings. The Morgan fingerprint density at radius 3 is 2.21 bits per heavy atom. The fourth-order valence-corrected chi connectivity index (χ4v) is 3.23. The molecule has 7 nitrogen and oxygen atoms in total. The summed E-state index contributed by atoms with van der Waals surface area (Å²) >= 11 is 0. The van der Waals surface area contributed by atoms with Gasteiger partial charge in [-0.05, 0) is 61.5 Å². The molecule has 0 aliphatic heterocycles. The Morgan fingerprint density at radius 2 is 1.55 bits per heavy atom. The number of primary amides is 1. The van der Waals surface area contributed by atoms with Crippen LogP contribution in [0, 0.1) is 6.92 Å². The molecular formula is C22H19N5O2. The second kappa shape index (κ2) is 7.47. The van der Waals surface area contributed by atoms with Crippen LogP contribution in [-0.2, 0) is 0 Å². The van der Waals surface area contributed by atoms with E-state index >= 15 is 0 Å². The molecule has 4 aromatic rings. The number of carbonyl (C=O) groups excluding carboxylic acids is 2. The second-order valence-corrected chi connectivity index (χ2v) is 6.55. The number of para-hydroxylation sites is 1. The molecule has 1 aromatic heterocycles. The number of rotatable bonds is 4. The predicted molar refractivity (Wildman–Crippen MR) is 113 cm³/mol. The molecule has 3 aromatic carbocycles. The topological polar surface area (TPSA) is 102 Å². The van der Waals surface area contributed by atoms with Crippen molar-refractivity contribution < 1.29 is 9.59 Å². The van der Waals surface area contributed by atoms with Crippen LogP contribution in [0.3, 0.4) is 0 Å². The molecule has 0 aliphatic carbocycles. The van der Waals surface area contributed by atoms with Crippen molar-refractivity contribution >= 4 is 34.3 Å². The Labute approximate surface area is 167 Å². The average molecular weight is 385 g/mol. The highest BCUT2D eigenvalue weighted by Gasteiger charge is 2.13. The summed E-state index contributed by atoms with van der Waals surface area (Å²) in [6.45, 7) is 1.94. The zero-order valence-corrected chi connectivity index (χ0v) is 15.7. The van der Waals surface area contributed by atoms with E-state index in [9.17, 15) is 9.59 Å². The number of nitrogens with one attached hydrogen (secondary N) is 2. The van der Waals surface area contributed by atoms with Crippen molar-refractivity contribution in [3.05, 3.63) is 84.2 Å². The highest BCUT2D eigenvalue weighted by atomic mass is 16.2. The smallest absolute Gasteiger partial charge is 0.316 e. The van der Waals surface area contributed by atoms with Gasteiger partial charge in [0.1, 0.15) is 5.82 Å². The van der Waals surface area contributed by atoms with Crippen molar-refractivity contribution in [3.8, 4) is 5.69 Å². The van der Waals surface area contributed by atoms with E-state index in [2.05, 4.69) is 20.2 Å². The van der Waals surface area contributed by atoms with Crippen LogP contribution in [0.5, 0.6) is 0 Å². The van der Waals surface area contributed by atoms with Crippen LogP contribution in [0.2, 0.25) is 0 Å². The number of fused-ring (bicyclic) bond motifs is 1. The van der Waals surface area contributed by atoms with Crippen molar-refractivity contribution in [1.29, 1.82) is 0 Å². The third kappa shape index (κ3) is 3.79. The maximum atomic E-state index is 12.6. The van der Waals surface area contributed by atoms with Crippen LogP contribution in [0.15, 0.2) is 72.8 Å². The largest absolute Gasteiger partial charge is 0.351 e. The number of nitrogens with zero attached hydrogens (tertiary/aromatic N) is 2. The number of amides is 3. The van der Waals surface area contributed by atoms with Crippen LogP contribution >= 0.6 is 0 Å². The van der Waals surface area contributed by atoms with Crippen LogP contribution in [0.1, 0.15) is 16.2 Å². The lowest BCUT2D eigenvalue weighted by molar-refractivity contribution is 0.102. The van der Waals surface area contributed by atoms with Gasteiger partial charge >= 0.3 is 6.03 Å². The summed E-state index contributed by atoms with van der Waals surface area (Å²) in [4.78, 5) is 28.1. The summed E-state index contributed by atoms with van der Waals surface area (Å²) in [5.74, 6) is 0.607. The molecule has 0 atom stereocenters. The molecule has 4 N–H and O–H groups in total. The van der Waals surface area contributed by atoms with E-state index in [-0.39, 0.29) is 5.91 Å². The van der Waals surface area contributed by atoms with E-state index < -0.39 is 6.03 Å². The van der Waals surface area contributed by atoms with Gasteiger partial charge in [-0.1, -0.05) is 18.2 Å². The molecule has 144 valence electrons. The van der Waals surface area contributed by atoms with Crippen molar-refractivity contribution in [1.82, 2.24) is 9.55 Å². The molecule has 0 saturated heterocycles. The minimum Gasteiger partial charge on any atom is -0.351 e. The lowest BCUT2D eigenvalue weighted by Gasteiger charge is -2.08. The molecule has 3 amide bonds. The van der Waals surface area contributed by atoms with Gasteiger partial charge in [-0.3, -0.25) is 9.36 Å². The molecule has 7 heteroatoms. The first-order valence-corrected chi connectivity index (χ1v) is 9.04. The lowest BCUT2D eigenvalue weighted by atomic mass is 10.1. The van der Waals surface area contributed by atoms with E-state index in [4.69, 9.17) is 5.73 Å². The van der Waals surface area contributed by atoms with Crippen molar-refractivity contribution in [2.45, 2.75) is 6.92 Å². The summed E-state index contributed by atoms with van der Waals surface area (Å²) < 4.78 is 2.06. The van der Waals surface area contributed by atoms with E-state index in [0.29, 0.717) is 16.9 Å². The molecule has 0 aliphatic rings. The average Bonchev–Trinajstić information content (AvgIpc) is 3.04. The van der Waals surface area contributed by atoms with E-state index in [1.165, 1.54) is 0 Å². The quantitative estimate of drug-likeness (QED) is 0.493. The lowest BCUT2D eigenvalue weighted by Crippen LogP contribution is -2.19. The van der Waals surface area contributed by atoms with Gasteiger partial charge < -0.3 is 16.4 Å². The van der Waals surface area contributed by atoms with E-state index in [1.54, 1.807) is 36.4 Å². The number of imidazole rings is 1. The molecule has 4 rings (SSSR count). The van der Waals surface area contributed by atoms with Gasteiger partial charge in [0.2, 0.25) is 0 Å². The number of anilines is 2. The number of aryl methyl sites for hydroxylation is 1. The van der Waals surface area contributed by atoms with E-state index in [1.807, 2.05) is 43.3 Å². The molecular weight excluding hydrogens is 366 g/mol. The van der Waals surface area contributed by atoms with E-state index in [0.717, 1.165) is 22.5 Å². The fourth-order valence-electron chi connectivity index (χ4n) is 3.23. The number of urea groups is 1. The molecule has 0 bridgehead atoms. The van der Waals surface area contributed by atoms with Crippen molar-refractivity contribution in [2.24, 2.45) is 5.73 Å². The Kier molecular flexibility index (Phi) is 4.70. The summed E-state index contributed by atoms with van der Waals surface area (Å²) in [5.41, 5.74) is 9.47. The maximum Gasteiger partial charge on any atom is 0.316 e. The Bertz CT molecular complexity index is 1200. The molecule has 0 unspecified atom stereocenters. The zero-order chi connectivity index (χ0) is 20.4. The number of carbonyl (C=O) groups is 2. The second-order valence-electron chi connectivity index (χ2n) is 6.55. The van der Waals surface area contributed by atoms with Crippen LogP contribution < -0.4 is 16.4 Å². The Hall–Kier alpha value is -4.13. The van der Waals surface area contributed by atoms with Gasteiger partial charge in [0.05, 0.1) is 11.0 Å². The molecule has 1 heterocycles. The zero-order valence-electron chi connectivity index (χ0n) is 15.7. The number of benzene rings is 3. The van der Waals surface area contributed by atoms with Crippen LogP contribution in [0.4, 0.5) is 16.2 Å². The van der Waals surface area contributed by atoms with Gasteiger partial charge in [-0.15, -0.1) is 0 Å². The number of nitrogens with two attached hydrogens (primary N) is 1. The summed E-state index contributed by atoms with van der Waals surface area (Å²) in [7, 11) is 0. The maximum absolute atomic E-state index is 12.6. The number of hydrogen-bond donors (Lipinski definition) is 3. The normalized spacial score (nSPS) is 10.7. The third-order valence-corrected chi connectivity index (χ3v) is 4.51. The third-order valence-electron chi connectivity index (χ3n) is 4.51. The minimum absolute atomic E-state index is 0.241. The summed E-state index contributed by atoms with van der Waals surface area (Å²) in [5, 5.41) is 5.31. The molecule has 0 radical (unpaired) electrons. The number of aromatic nitrogens is 2. The predicted octanol–water partition coefficient (Wildman–Crippen LogP) is 4.08. The fraction of sp³-hybridized carbons (Fsp3) is 0.0455. The number of hydrogen-bond acceptors (Lipinski definition) is 3. The highest BCUT2D eigenvalue weighted by Crippen LogP contribution is 2.23. The van der Waals surface area contributed by atoms with Gasteiger partial charge in [0.25, 0.3) is 5.91 Å². The van der Waals surface area contributed by atoms with Crippen molar-refractivity contribution in [3.63, 3.8) is 0 Å². The van der Waals surface area contributed by atoms with Crippen LogP contribution in [-0.4, -0.2) is 21.5 Å². The monoisotopic (exact) mass is 385 g/mol. The Balaban J connectivity index is 1.58. The molecule has 29 heavy (non-hydrogen) atoms. The first-order valence-electron chi connectivity index (χ1n) is 9.04.